The van der Waals surface area contributed by atoms with Crippen LogP contribution in [-0.2, 0) is 6.42 Å². The van der Waals surface area contributed by atoms with Crippen LogP contribution >= 0.6 is 0 Å². The third kappa shape index (κ3) is 4.25. The van der Waals surface area contributed by atoms with E-state index in [1.165, 1.54) is 29.2 Å². The summed E-state index contributed by atoms with van der Waals surface area (Å²) in [6, 6.07) is 14.7. The maximum absolute atomic E-state index is 5.73. The predicted molar refractivity (Wildman–Crippen MR) is 114 cm³/mol. The lowest BCUT2D eigenvalue weighted by Gasteiger charge is -2.34. The number of ether oxygens (including phenoxy) is 1. The molecule has 0 spiro atoms. The van der Waals surface area contributed by atoms with Crippen molar-refractivity contribution >= 4 is 16.7 Å². The standard InChI is InChI=1S/C23H28N4O/c1-28-22-20(11-10-19-7-2-3-9-21(19)22)8-4-5-14-26-15-17-27(18-16-26)23-24-12-6-13-25-23/h2-3,6-7,9-13H,4-5,8,14-18H2,1H3. The fourth-order valence-electron chi connectivity index (χ4n) is 4.00. The van der Waals surface area contributed by atoms with Gasteiger partial charge in [-0.3, -0.25) is 4.90 Å². The third-order valence-corrected chi connectivity index (χ3v) is 5.54. The van der Waals surface area contributed by atoms with E-state index in [0.717, 1.165) is 50.8 Å². The van der Waals surface area contributed by atoms with E-state index in [0.29, 0.717) is 0 Å². The number of aromatic nitrogens is 2. The number of aryl methyl sites for hydroxylation is 1. The largest absolute Gasteiger partial charge is 0.496 e. The molecule has 1 aliphatic rings. The second kappa shape index (κ2) is 9.02. The lowest BCUT2D eigenvalue weighted by molar-refractivity contribution is 0.252. The molecule has 0 aliphatic carbocycles. The van der Waals surface area contributed by atoms with Crippen molar-refractivity contribution in [3.8, 4) is 5.75 Å². The van der Waals surface area contributed by atoms with Crippen molar-refractivity contribution in [1.82, 2.24) is 14.9 Å². The number of nitrogens with zero attached hydrogens (tertiary/aromatic N) is 4. The van der Waals surface area contributed by atoms with Gasteiger partial charge in [0, 0.05) is 44.0 Å². The van der Waals surface area contributed by atoms with Crippen LogP contribution in [0.2, 0.25) is 0 Å². The van der Waals surface area contributed by atoms with Crippen molar-refractivity contribution in [3.63, 3.8) is 0 Å². The Morgan fingerprint density at radius 1 is 0.893 bits per heavy atom. The highest BCUT2D eigenvalue weighted by Gasteiger charge is 2.18. The van der Waals surface area contributed by atoms with Crippen LogP contribution in [0.15, 0.2) is 54.9 Å². The molecule has 0 saturated carbocycles. The molecule has 4 rings (SSSR count). The molecule has 28 heavy (non-hydrogen) atoms. The van der Waals surface area contributed by atoms with Gasteiger partial charge in [0.15, 0.2) is 0 Å². The second-order valence-corrected chi connectivity index (χ2v) is 7.31. The molecule has 0 N–H and O–H groups in total. The summed E-state index contributed by atoms with van der Waals surface area (Å²) in [5, 5.41) is 2.45. The van der Waals surface area contributed by atoms with Gasteiger partial charge in [0.25, 0.3) is 0 Å². The van der Waals surface area contributed by atoms with Crippen LogP contribution in [0.25, 0.3) is 10.8 Å². The highest BCUT2D eigenvalue weighted by Crippen LogP contribution is 2.30. The zero-order valence-electron chi connectivity index (χ0n) is 16.6. The lowest BCUT2D eigenvalue weighted by atomic mass is 10.0. The quantitative estimate of drug-likeness (QED) is 0.587. The molecule has 0 unspecified atom stereocenters. The van der Waals surface area contributed by atoms with Gasteiger partial charge in [-0.2, -0.15) is 0 Å². The van der Waals surface area contributed by atoms with Gasteiger partial charge in [0.1, 0.15) is 5.75 Å². The molecule has 1 aliphatic heterocycles. The van der Waals surface area contributed by atoms with E-state index in [4.69, 9.17) is 4.74 Å². The molecule has 2 heterocycles. The van der Waals surface area contributed by atoms with Crippen LogP contribution in [0.4, 0.5) is 5.95 Å². The van der Waals surface area contributed by atoms with E-state index in [1.54, 1.807) is 7.11 Å². The SMILES string of the molecule is COc1c(CCCCN2CCN(c3ncccn3)CC2)ccc2ccccc12. The van der Waals surface area contributed by atoms with Gasteiger partial charge in [0.05, 0.1) is 7.11 Å². The van der Waals surface area contributed by atoms with Crippen LogP contribution in [0.1, 0.15) is 18.4 Å². The number of unbranched alkanes of at least 4 members (excludes halogenated alkanes) is 1. The molecule has 1 saturated heterocycles. The molecule has 0 bridgehead atoms. The maximum Gasteiger partial charge on any atom is 0.225 e. The minimum Gasteiger partial charge on any atom is -0.496 e. The Kier molecular flexibility index (Phi) is 6.02. The van der Waals surface area contributed by atoms with Crippen molar-refractivity contribution in [2.45, 2.75) is 19.3 Å². The summed E-state index contributed by atoms with van der Waals surface area (Å²) < 4.78 is 5.73. The van der Waals surface area contributed by atoms with Gasteiger partial charge in [-0.15, -0.1) is 0 Å². The molecule has 0 radical (unpaired) electrons. The number of rotatable bonds is 7. The van der Waals surface area contributed by atoms with Crippen molar-refractivity contribution in [2.75, 3.05) is 44.7 Å². The monoisotopic (exact) mass is 376 g/mol. The van der Waals surface area contributed by atoms with Crippen LogP contribution in [-0.4, -0.2) is 54.7 Å². The minimum absolute atomic E-state index is 0.852. The third-order valence-electron chi connectivity index (χ3n) is 5.54. The molecule has 0 atom stereocenters. The topological polar surface area (TPSA) is 41.5 Å². The fraction of sp³-hybridized carbons (Fsp3) is 0.391. The smallest absolute Gasteiger partial charge is 0.225 e. The Hall–Kier alpha value is -2.66. The Morgan fingerprint density at radius 2 is 1.68 bits per heavy atom. The van der Waals surface area contributed by atoms with Gasteiger partial charge in [-0.05, 0) is 42.8 Å². The van der Waals surface area contributed by atoms with E-state index in [1.807, 2.05) is 18.5 Å². The molecule has 146 valence electrons. The Labute approximate surface area is 167 Å². The first kappa shape index (κ1) is 18.7. The van der Waals surface area contributed by atoms with Gasteiger partial charge < -0.3 is 9.64 Å². The summed E-state index contributed by atoms with van der Waals surface area (Å²) in [5.74, 6) is 1.89. The normalized spacial score (nSPS) is 15.1. The zero-order valence-corrected chi connectivity index (χ0v) is 16.6. The first-order valence-corrected chi connectivity index (χ1v) is 10.1. The zero-order chi connectivity index (χ0) is 19.2. The van der Waals surface area contributed by atoms with Gasteiger partial charge in [-0.1, -0.05) is 36.4 Å². The molecular weight excluding hydrogens is 348 g/mol. The van der Waals surface area contributed by atoms with Crippen molar-refractivity contribution < 1.29 is 4.74 Å². The van der Waals surface area contributed by atoms with Crippen molar-refractivity contribution in [3.05, 3.63) is 60.4 Å². The molecule has 5 heteroatoms. The van der Waals surface area contributed by atoms with E-state index in [2.05, 4.69) is 56.2 Å². The number of methoxy groups -OCH3 is 1. The van der Waals surface area contributed by atoms with Crippen LogP contribution in [0.3, 0.4) is 0 Å². The first-order valence-electron chi connectivity index (χ1n) is 10.1. The molecular formula is C23H28N4O. The maximum atomic E-state index is 5.73. The average Bonchev–Trinajstić information content (AvgIpc) is 2.77. The fourth-order valence-corrected chi connectivity index (χ4v) is 4.00. The summed E-state index contributed by atoms with van der Waals surface area (Å²) in [5.41, 5.74) is 1.31. The molecule has 5 nitrogen and oxygen atoms in total. The van der Waals surface area contributed by atoms with Crippen LogP contribution < -0.4 is 9.64 Å². The second-order valence-electron chi connectivity index (χ2n) is 7.31. The van der Waals surface area contributed by atoms with Crippen LogP contribution in [0.5, 0.6) is 5.75 Å². The summed E-state index contributed by atoms with van der Waals surface area (Å²) in [6.45, 7) is 5.32. The minimum atomic E-state index is 0.852. The lowest BCUT2D eigenvalue weighted by Crippen LogP contribution is -2.47. The van der Waals surface area contributed by atoms with E-state index < -0.39 is 0 Å². The number of piperazine rings is 1. The molecule has 1 fully saturated rings. The Balaban J connectivity index is 1.25. The number of benzene rings is 2. The van der Waals surface area contributed by atoms with Crippen LogP contribution in [0, 0.1) is 0 Å². The van der Waals surface area contributed by atoms with E-state index in [-0.39, 0.29) is 0 Å². The Bertz CT molecular complexity index is 892. The van der Waals surface area contributed by atoms with Crippen molar-refractivity contribution in [1.29, 1.82) is 0 Å². The molecule has 1 aromatic heterocycles. The summed E-state index contributed by atoms with van der Waals surface area (Å²) in [4.78, 5) is 13.5. The molecule has 2 aromatic carbocycles. The van der Waals surface area contributed by atoms with Gasteiger partial charge >= 0.3 is 0 Å². The highest BCUT2D eigenvalue weighted by atomic mass is 16.5. The Morgan fingerprint density at radius 3 is 2.46 bits per heavy atom. The van der Waals surface area contributed by atoms with Crippen molar-refractivity contribution in [2.24, 2.45) is 0 Å². The molecule has 3 aromatic rings. The first-order chi connectivity index (χ1) is 13.8. The summed E-state index contributed by atoms with van der Waals surface area (Å²) in [6.07, 6.45) is 7.08. The summed E-state index contributed by atoms with van der Waals surface area (Å²) >= 11 is 0. The molecule has 0 amide bonds. The highest BCUT2D eigenvalue weighted by molar-refractivity contribution is 5.89. The van der Waals surface area contributed by atoms with E-state index in [9.17, 15) is 0 Å². The number of anilines is 1. The van der Waals surface area contributed by atoms with E-state index >= 15 is 0 Å². The summed E-state index contributed by atoms with van der Waals surface area (Å²) in [7, 11) is 1.78. The number of hydrogen-bond acceptors (Lipinski definition) is 5. The number of hydrogen-bond donors (Lipinski definition) is 0. The van der Waals surface area contributed by atoms with Gasteiger partial charge in [-0.25, -0.2) is 9.97 Å². The predicted octanol–water partition coefficient (Wildman–Crippen LogP) is 3.78. The van der Waals surface area contributed by atoms with Gasteiger partial charge in [0.2, 0.25) is 5.95 Å². The number of fused-ring (bicyclic) bond motifs is 1. The average molecular weight is 377 g/mol.